The van der Waals surface area contributed by atoms with E-state index < -0.39 is 9.84 Å². The first-order valence-electron chi connectivity index (χ1n) is 8.25. The number of anilines is 1. The molecule has 24 heavy (non-hydrogen) atoms. The molecule has 6 nitrogen and oxygen atoms in total. The van der Waals surface area contributed by atoms with Gasteiger partial charge >= 0.3 is 0 Å². The molecule has 1 aliphatic rings. The van der Waals surface area contributed by atoms with Crippen molar-refractivity contribution in [3.63, 3.8) is 0 Å². The van der Waals surface area contributed by atoms with Crippen molar-refractivity contribution >= 4 is 15.7 Å². The lowest BCUT2D eigenvalue weighted by Crippen LogP contribution is -2.36. The van der Waals surface area contributed by atoms with Gasteiger partial charge in [-0.1, -0.05) is 31.5 Å². The van der Waals surface area contributed by atoms with Crippen LogP contribution in [0.15, 0.2) is 44.7 Å². The number of oxazole rings is 1. The fourth-order valence-electron chi connectivity index (χ4n) is 2.63. The molecule has 0 atom stereocenters. The van der Waals surface area contributed by atoms with E-state index in [2.05, 4.69) is 11.9 Å². The summed E-state index contributed by atoms with van der Waals surface area (Å²) in [6.07, 6.45) is 2.54. The predicted molar refractivity (Wildman–Crippen MR) is 90.0 cm³/mol. The van der Waals surface area contributed by atoms with Crippen LogP contribution < -0.4 is 4.90 Å². The number of unbranched alkanes of at least 4 members (excludes halogenated alkanes) is 1. The van der Waals surface area contributed by atoms with Gasteiger partial charge in [0.05, 0.1) is 18.1 Å². The highest BCUT2D eigenvalue weighted by molar-refractivity contribution is 7.91. The first-order chi connectivity index (χ1) is 11.6. The third-order valence-electron chi connectivity index (χ3n) is 3.97. The Labute approximate surface area is 142 Å². The molecule has 0 N–H and O–H groups in total. The second-order valence-electron chi connectivity index (χ2n) is 5.74. The molecular weight excluding hydrogens is 328 g/mol. The van der Waals surface area contributed by atoms with Gasteiger partial charge in [-0.05, 0) is 18.6 Å². The molecule has 0 saturated carbocycles. The Morgan fingerprint density at radius 2 is 1.88 bits per heavy atom. The van der Waals surface area contributed by atoms with E-state index >= 15 is 0 Å². The number of hydrogen-bond donors (Lipinski definition) is 0. The number of ether oxygens (including phenoxy) is 1. The molecule has 0 bridgehead atoms. The van der Waals surface area contributed by atoms with Crippen molar-refractivity contribution in [3.05, 3.63) is 36.2 Å². The van der Waals surface area contributed by atoms with Crippen LogP contribution in [-0.2, 0) is 21.0 Å². The van der Waals surface area contributed by atoms with Gasteiger partial charge in [-0.15, -0.1) is 0 Å². The second-order valence-corrected chi connectivity index (χ2v) is 7.60. The molecule has 0 amide bonds. The summed E-state index contributed by atoms with van der Waals surface area (Å²) >= 11 is 0. The third kappa shape index (κ3) is 3.47. The molecular formula is C17H22N2O4S. The van der Waals surface area contributed by atoms with Crippen LogP contribution in [0.2, 0.25) is 0 Å². The van der Waals surface area contributed by atoms with Gasteiger partial charge in [0, 0.05) is 19.5 Å². The Bertz CT molecular complexity index is 765. The van der Waals surface area contributed by atoms with Crippen molar-refractivity contribution in [1.29, 1.82) is 0 Å². The van der Waals surface area contributed by atoms with Crippen molar-refractivity contribution in [3.8, 4) is 0 Å². The average molecular weight is 350 g/mol. The van der Waals surface area contributed by atoms with Gasteiger partial charge in [-0.25, -0.2) is 8.42 Å². The summed E-state index contributed by atoms with van der Waals surface area (Å²) in [6.45, 7) is 4.37. The number of nitrogens with zero attached hydrogens (tertiary/aromatic N) is 2. The monoisotopic (exact) mass is 350 g/mol. The quantitative estimate of drug-likeness (QED) is 0.797. The molecule has 1 aromatic heterocycles. The van der Waals surface area contributed by atoms with Crippen LogP contribution in [0.5, 0.6) is 0 Å². The van der Waals surface area contributed by atoms with Gasteiger partial charge in [0.1, 0.15) is 0 Å². The highest BCUT2D eigenvalue weighted by Crippen LogP contribution is 2.31. The van der Waals surface area contributed by atoms with E-state index in [0.717, 1.165) is 12.8 Å². The van der Waals surface area contributed by atoms with E-state index in [-0.39, 0.29) is 9.92 Å². The maximum absolute atomic E-state index is 13.0. The SMILES string of the molecule is CCCCc1nc(S(=O)(=O)c2ccccc2)c(N2CCOCC2)o1. The van der Waals surface area contributed by atoms with Crippen molar-refractivity contribution in [2.45, 2.75) is 36.1 Å². The van der Waals surface area contributed by atoms with Crippen molar-refractivity contribution < 1.29 is 17.6 Å². The topological polar surface area (TPSA) is 72.6 Å². The van der Waals surface area contributed by atoms with Crippen molar-refractivity contribution in [2.75, 3.05) is 31.2 Å². The van der Waals surface area contributed by atoms with E-state index in [1.54, 1.807) is 30.3 Å². The summed E-state index contributed by atoms with van der Waals surface area (Å²) in [4.78, 5) is 6.47. The molecule has 0 aliphatic carbocycles. The molecule has 2 aromatic rings. The summed E-state index contributed by atoms with van der Waals surface area (Å²) in [5, 5.41) is 0.0155. The lowest BCUT2D eigenvalue weighted by molar-refractivity contribution is 0.120. The maximum atomic E-state index is 13.0. The lowest BCUT2D eigenvalue weighted by atomic mass is 10.2. The van der Waals surface area contributed by atoms with Gasteiger partial charge in [-0.3, -0.25) is 0 Å². The second kappa shape index (κ2) is 7.36. The minimum absolute atomic E-state index is 0.0155. The number of benzene rings is 1. The molecule has 0 unspecified atom stereocenters. The van der Waals surface area contributed by atoms with Gasteiger partial charge < -0.3 is 14.1 Å². The zero-order valence-corrected chi connectivity index (χ0v) is 14.6. The van der Waals surface area contributed by atoms with Crippen LogP contribution in [0.1, 0.15) is 25.7 Å². The number of aromatic nitrogens is 1. The molecule has 0 radical (unpaired) electrons. The first kappa shape index (κ1) is 17.0. The molecule has 1 aromatic carbocycles. The smallest absolute Gasteiger partial charge is 0.236 e. The van der Waals surface area contributed by atoms with Gasteiger partial charge in [0.2, 0.25) is 20.7 Å². The molecule has 1 fully saturated rings. The van der Waals surface area contributed by atoms with E-state index in [1.807, 2.05) is 4.90 Å². The Balaban J connectivity index is 2.02. The Hall–Kier alpha value is -1.86. The van der Waals surface area contributed by atoms with Gasteiger partial charge in [-0.2, -0.15) is 4.98 Å². The number of hydrogen-bond acceptors (Lipinski definition) is 6. The number of aryl methyl sites for hydroxylation is 1. The van der Waals surface area contributed by atoms with Crippen LogP contribution in [-0.4, -0.2) is 39.7 Å². The molecule has 3 rings (SSSR count). The lowest BCUT2D eigenvalue weighted by Gasteiger charge is -2.26. The highest BCUT2D eigenvalue weighted by Gasteiger charge is 2.31. The number of morpholine rings is 1. The van der Waals surface area contributed by atoms with Crippen LogP contribution in [0.25, 0.3) is 0 Å². The zero-order chi connectivity index (χ0) is 17.0. The summed E-state index contributed by atoms with van der Waals surface area (Å²) in [5.74, 6) is 0.820. The van der Waals surface area contributed by atoms with Crippen LogP contribution in [0.4, 0.5) is 5.88 Å². The normalized spacial score (nSPS) is 15.6. The summed E-state index contributed by atoms with van der Waals surface area (Å²) in [6, 6.07) is 8.37. The van der Waals surface area contributed by atoms with Crippen molar-refractivity contribution in [2.24, 2.45) is 0 Å². The van der Waals surface area contributed by atoms with Crippen LogP contribution in [0, 0.1) is 0 Å². The molecule has 1 aliphatic heterocycles. The molecule has 2 heterocycles. The predicted octanol–water partition coefficient (Wildman–Crippen LogP) is 2.69. The first-order valence-corrected chi connectivity index (χ1v) is 9.73. The number of rotatable bonds is 6. The van der Waals surface area contributed by atoms with E-state index in [9.17, 15) is 8.42 Å². The molecule has 0 spiro atoms. The zero-order valence-electron chi connectivity index (χ0n) is 13.8. The molecule has 7 heteroatoms. The Morgan fingerprint density at radius 1 is 1.17 bits per heavy atom. The summed E-state index contributed by atoms with van der Waals surface area (Å²) < 4.78 is 37.2. The maximum Gasteiger partial charge on any atom is 0.236 e. The molecule has 130 valence electrons. The van der Waals surface area contributed by atoms with Crippen molar-refractivity contribution in [1.82, 2.24) is 4.98 Å². The average Bonchev–Trinajstić information content (AvgIpc) is 3.06. The Kier molecular flexibility index (Phi) is 5.20. The fraction of sp³-hybridized carbons (Fsp3) is 0.471. The summed E-state index contributed by atoms with van der Waals surface area (Å²) in [7, 11) is -3.71. The molecule has 1 saturated heterocycles. The van der Waals surface area contributed by atoms with Crippen LogP contribution in [0.3, 0.4) is 0 Å². The largest absolute Gasteiger partial charge is 0.424 e. The Morgan fingerprint density at radius 3 is 2.54 bits per heavy atom. The van der Waals surface area contributed by atoms with Gasteiger partial charge in [0.15, 0.2) is 5.89 Å². The number of sulfone groups is 1. The van der Waals surface area contributed by atoms with Crippen LogP contribution >= 0.6 is 0 Å². The van der Waals surface area contributed by atoms with E-state index in [4.69, 9.17) is 9.15 Å². The van der Waals surface area contributed by atoms with Gasteiger partial charge in [0.25, 0.3) is 0 Å². The minimum atomic E-state index is -3.71. The highest BCUT2D eigenvalue weighted by atomic mass is 32.2. The fourth-order valence-corrected chi connectivity index (χ4v) is 3.99. The van der Waals surface area contributed by atoms with E-state index in [1.165, 1.54) is 0 Å². The standard InChI is InChI=1S/C17H22N2O4S/c1-2-3-9-15-18-16(17(23-15)19-10-12-22-13-11-19)24(20,21)14-7-5-4-6-8-14/h4-8H,2-3,9-13H2,1H3. The minimum Gasteiger partial charge on any atom is -0.424 e. The van der Waals surface area contributed by atoms with E-state index in [0.29, 0.717) is 44.5 Å². The third-order valence-corrected chi connectivity index (χ3v) is 5.64. The summed E-state index contributed by atoms with van der Waals surface area (Å²) in [5.41, 5.74) is 0.